The summed E-state index contributed by atoms with van der Waals surface area (Å²) in [7, 11) is 1.83. The first-order valence-corrected chi connectivity index (χ1v) is 4.55. The van der Waals surface area contributed by atoms with Crippen LogP contribution in [0.25, 0.3) is 0 Å². The fourth-order valence-electron chi connectivity index (χ4n) is 0.835. The predicted molar refractivity (Wildman–Crippen MR) is 51.1 cm³/mol. The van der Waals surface area contributed by atoms with E-state index < -0.39 is 0 Å². The summed E-state index contributed by atoms with van der Waals surface area (Å²) in [6, 6.07) is 0.463. The lowest BCUT2D eigenvalue weighted by atomic mass is 10.3. The van der Waals surface area contributed by atoms with Gasteiger partial charge in [-0.3, -0.25) is 4.79 Å². The highest BCUT2D eigenvalue weighted by atomic mass is 16.2. The maximum atomic E-state index is 11.2. The molecule has 1 N–H and O–H groups in total. The summed E-state index contributed by atoms with van der Waals surface area (Å²) in [6.07, 6.45) is 0.600. The third-order valence-corrected chi connectivity index (χ3v) is 1.79. The first-order chi connectivity index (χ1) is 5.57. The van der Waals surface area contributed by atoms with Gasteiger partial charge in [0.1, 0.15) is 0 Å². The molecule has 0 saturated carbocycles. The van der Waals surface area contributed by atoms with Crippen molar-refractivity contribution < 1.29 is 4.79 Å². The second-order valence-corrected chi connectivity index (χ2v) is 3.27. The van der Waals surface area contributed by atoms with Crippen molar-refractivity contribution in [2.45, 2.75) is 33.2 Å². The van der Waals surface area contributed by atoms with Gasteiger partial charge in [-0.1, -0.05) is 13.8 Å². The molecule has 0 unspecified atom stereocenters. The molecule has 72 valence electrons. The van der Waals surface area contributed by atoms with Crippen LogP contribution in [0, 0.1) is 0 Å². The summed E-state index contributed by atoms with van der Waals surface area (Å²) in [5.41, 5.74) is 0. The maximum absolute atomic E-state index is 11.2. The monoisotopic (exact) mass is 172 g/mol. The zero-order chi connectivity index (χ0) is 9.56. The van der Waals surface area contributed by atoms with E-state index in [2.05, 4.69) is 19.2 Å². The number of amides is 1. The molecule has 1 amide bonds. The summed E-state index contributed by atoms with van der Waals surface area (Å²) in [5.74, 6) is 0.214. The Hall–Kier alpha value is -0.570. The van der Waals surface area contributed by atoms with Crippen LogP contribution in [-0.2, 0) is 4.79 Å². The van der Waals surface area contributed by atoms with E-state index in [0.717, 1.165) is 13.1 Å². The van der Waals surface area contributed by atoms with E-state index in [9.17, 15) is 4.79 Å². The van der Waals surface area contributed by atoms with E-state index in [1.54, 1.807) is 4.90 Å². The van der Waals surface area contributed by atoms with Crippen LogP contribution in [-0.4, -0.2) is 37.0 Å². The van der Waals surface area contributed by atoms with Crippen molar-refractivity contribution in [2.24, 2.45) is 0 Å². The SMILES string of the molecule is CCN(C)C(=O)CCNC(C)C. The number of carbonyl (C=O) groups is 1. The molecule has 0 aromatic carbocycles. The average molecular weight is 172 g/mol. The fourth-order valence-corrected chi connectivity index (χ4v) is 0.835. The van der Waals surface area contributed by atoms with Gasteiger partial charge in [0.15, 0.2) is 0 Å². The zero-order valence-electron chi connectivity index (χ0n) is 8.55. The Labute approximate surface area is 75.1 Å². The van der Waals surface area contributed by atoms with Crippen molar-refractivity contribution in [3.8, 4) is 0 Å². The van der Waals surface area contributed by atoms with Crippen LogP contribution >= 0.6 is 0 Å². The van der Waals surface area contributed by atoms with Gasteiger partial charge in [0, 0.05) is 32.6 Å². The Morgan fingerprint density at radius 3 is 2.50 bits per heavy atom. The van der Waals surface area contributed by atoms with E-state index in [-0.39, 0.29) is 5.91 Å². The van der Waals surface area contributed by atoms with Crippen molar-refractivity contribution in [2.75, 3.05) is 20.1 Å². The maximum Gasteiger partial charge on any atom is 0.223 e. The van der Waals surface area contributed by atoms with Crippen molar-refractivity contribution in [3.05, 3.63) is 0 Å². The lowest BCUT2D eigenvalue weighted by Gasteiger charge is -2.15. The third kappa shape index (κ3) is 5.13. The molecule has 0 aromatic heterocycles. The van der Waals surface area contributed by atoms with Gasteiger partial charge >= 0.3 is 0 Å². The Morgan fingerprint density at radius 2 is 2.08 bits per heavy atom. The van der Waals surface area contributed by atoms with Crippen molar-refractivity contribution in [3.63, 3.8) is 0 Å². The molecule has 0 saturated heterocycles. The molecule has 3 heteroatoms. The van der Waals surface area contributed by atoms with Crippen LogP contribution in [0.3, 0.4) is 0 Å². The minimum atomic E-state index is 0.214. The Morgan fingerprint density at radius 1 is 1.50 bits per heavy atom. The largest absolute Gasteiger partial charge is 0.346 e. The van der Waals surface area contributed by atoms with Gasteiger partial charge in [-0.2, -0.15) is 0 Å². The molecule has 3 nitrogen and oxygen atoms in total. The van der Waals surface area contributed by atoms with Gasteiger partial charge in [0.05, 0.1) is 0 Å². The van der Waals surface area contributed by atoms with Crippen LogP contribution in [0.4, 0.5) is 0 Å². The highest BCUT2D eigenvalue weighted by molar-refractivity contribution is 5.75. The molecular formula is C9H20N2O. The first kappa shape index (κ1) is 11.4. The van der Waals surface area contributed by atoms with E-state index in [4.69, 9.17) is 0 Å². The fraction of sp³-hybridized carbons (Fsp3) is 0.889. The summed E-state index contributed by atoms with van der Waals surface area (Å²) in [6.45, 7) is 7.71. The molecule has 0 bridgehead atoms. The second kappa shape index (κ2) is 6.00. The molecule has 0 rings (SSSR count). The van der Waals surface area contributed by atoms with Gasteiger partial charge in [-0.25, -0.2) is 0 Å². The van der Waals surface area contributed by atoms with Gasteiger partial charge in [-0.05, 0) is 6.92 Å². The summed E-state index contributed by atoms with van der Waals surface area (Å²) in [5, 5.41) is 3.21. The topological polar surface area (TPSA) is 32.3 Å². The van der Waals surface area contributed by atoms with Crippen LogP contribution in [0.1, 0.15) is 27.2 Å². The van der Waals surface area contributed by atoms with E-state index in [1.807, 2.05) is 14.0 Å². The van der Waals surface area contributed by atoms with Crippen molar-refractivity contribution >= 4 is 5.91 Å². The van der Waals surface area contributed by atoms with Gasteiger partial charge in [0.2, 0.25) is 5.91 Å². The van der Waals surface area contributed by atoms with Crippen LogP contribution in [0.2, 0.25) is 0 Å². The lowest BCUT2D eigenvalue weighted by Crippen LogP contribution is -2.31. The highest BCUT2D eigenvalue weighted by Crippen LogP contribution is 1.89. The van der Waals surface area contributed by atoms with Gasteiger partial charge in [-0.15, -0.1) is 0 Å². The molecule has 0 aliphatic carbocycles. The van der Waals surface area contributed by atoms with Crippen LogP contribution in [0.5, 0.6) is 0 Å². The molecule has 0 fully saturated rings. The normalized spacial score (nSPS) is 10.4. The summed E-state index contributed by atoms with van der Waals surface area (Å²) >= 11 is 0. The minimum Gasteiger partial charge on any atom is -0.346 e. The van der Waals surface area contributed by atoms with Crippen molar-refractivity contribution in [1.82, 2.24) is 10.2 Å². The summed E-state index contributed by atoms with van der Waals surface area (Å²) < 4.78 is 0. The second-order valence-electron chi connectivity index (χ2n) is 3.27. The number of carbonyl (C=O) groups excluding carboxylic acids is 1. The molecule has 0 aliphatic rings. The molecule has 0 aliphatic heterocycles. The standard InChI is InChI=1S/C9H20N2O/c1-5-11(4)9(12)6-7-10-8(2)3/h8,10H,5-7H2,1-4H3. The first-order valence-electron chi connectivity index (χ1n) is 4.55. The molecule has 0 heterocycles. The lowest BCUT2D eigenvalue weighted by molar-refractivity contribution is -0.129. The van der Waals surface area contributed by atoms with Crippen LogP contribution < -0.4 is 5.32 Å². The third-order valence-electron chi connectivity index (χ3n) is 1.79. The average Bonchev–Trinajstić information content (AvgIpc) is 2.02. The van der Waals surface area contributed by atoms with Crippen LogP contribution in [0.15, 0.2) is 0 Å². The Bertz CT molecular complexity index is 134. The summed E-state index contributed by atoms with van der Waals surface area (Å²) in [4.78, 5) is 13.0. The van der Waals surface area contributed by atoms with Gasteiger partial charge in [0.25, 0.3) is 0 Å². The molecule has 0 spiro atoms. The van der Waals surface area contributed by atoms with E-state index in [0.29, 0.717) is 12.5 Å². The molecular weight excluding hydrogens is 152 g/mol. The highest BCUT2D eigenvalue weighted by Gasteiger charge is 2.05. The Balaban J connectivity index is 3.44. The number of hydrogen-bond acceptors (Lipinski definition) is 2. The molecule has 0 atom stereocenters. The van der Waals surface area contributed by atoms with E-state index in [1.165, 1.54) is 0 Å². The molecule has 0 radical (unpaired) electrons. The van der Waals surface area contributed by atoms with Crippen molar-refractivity contribution in [1.29, 1.82) is 0 Å². The smallest absolute Gasteiger partial charge is 0.223 e. The number of hydrogen-bond donors (Lipinski definition) is 1. The van der Waals surface area contributed by atoms with E-state index >= 15 is 0 Å². The van der Waals surface area contributed by atoms with Gasteiger partial charge < -0.3 is 10.2 Å². The Kier molecular flexibility index (Phi) is 5.72. The predicted octanol–water partition coefficient (Wildman–Crippen LogP) is 0.853. The minimum absolute atomic E-state index is 0.214. The zero-order valence-corrected chi connectivity index (χ0v) is 8.55. The number of nitrogens with zero attached hydrogens (tertiary/aromatic N) is 1. The number of rotatable bonds is 5. The molecule has 12 heavy (non-hydrogen) atoms. The molecule has 0 aromatic rings. The quantitative estimate of drug-likeness (QED) is 0.667. The number of nitrogens with one attached hydrogen (secondary N) is 1.